The van der Waals surface area contributed by atoms with Crippen LogP contribution in [0.2, 0.25) is 0 Å². The van der Waals surface area contributed by atoms with E-state index in [1.807, 2.05) is 57.3 Å². The average molecular weight is 254 g/mol. The highest BCUT2D eigenvalue weighted by molar-refractivity contribution is 5.76. The number of benzene rings is 1. The van der Waals surface area contributed by atoms with Crippen molar-refractivity contribution in [1.82, 2.24) is 4.98 Å². The van der Waals surface area contributed by atoms with Crippen molar-refractivity contribution < 1.29 is 4.79 Å². The molecule has 0 aliphatic rings. The molecule has 3 heteroatoms. The Morgan fingerprint density at radius 3 is 2.63 bits per heavy atom. The number of carbonyl (C=O) groups is 1. The normalized spacial score (nSPS) is 10.3. The Balaban J connectivity index is 2.20. The fourth-order valence-electron chi connectivity index (χ4n) is 2.20. The Kier molecular flexibility index (Phi) is 3.95. The molecule has 0 saturated heterocycles. The molecule has 1 aromatic heterocycles. The van der Waals surface area contributed by atoms with Gasteiger partial charge in [-0.15, -0.1) is 0 Å². The van der Waals surface area contributed by atoms with Gasteiger partial charge in [-0.2, -0.15) is 0 Å². The fraction of sp³-hybridized carbons (Fsp3) is 0.250. The number of pyridine rings is 1. The number of aldehydes is 1. The van der Waals surface area contributed by atoms with Gasteiger partial charge >= 0.3 is 0 Å². The molecule has 0 aliphatic heterocycles. The molecule has 0 atom stereocenters. The summed E-state index contributed by atoms with van der Waals surface area (Å²) in [6, 6.07) is 11.8. The van der Waals surface area contributed by atoms with E-state index in [4.69, 9.17) is 0 Å². The minimum absolute atomic E-state index is 0.711. The number of carbonyl (C=O) groups excluding carboxylic acids is 1. The lowest BCUT2D eigenvalue weighted by molar-refractivity contribution is 0.112. The van der Waals surface area contributed by atoms with E-state index in [9.17, 15) is 4.79 Å². The van der Waals surface area contributed by atoms with Crippen LogP contribution in [0.15, 0.2) is 36.4 Å². The summed E-state index contributed by atoms with van der Waals surface area (Å²) in [4.78, 5) is 17.4. The summed E-state index contributed by atoms with van der Waals surface area (Å²) in [5, 5.41) is 0. The Morgan fingerprint density at radius 1 is 1.21 bits per heavy atom. The third-order valence-corrected chi connectivity index (χ3v) is 3.11. The molecule has 0 amide bonds. The minimum atomic E-state index is 0.711. The van der Waals surface area contributed by atoms with Gasteiger partial charge in [0.05, 0.1) is 12.2 Å². The lowest BCUT2D eigenvalue weighted by Gasteiger charge is -2.21. The molecule has 2 aromatic rings. The lowest BCUT2D eigenvalue weighted by Crippen LogP contribution is -2.18. The highest BCUT2D eigenvalue weighted by Gasteiger charge is 2.07. The largest absolute Gasteiger partial charge is 0.368 e. The molecule has 0 aliphatic carbocycles. The molecule has 0 bridgehead atoms. The van der Waals surface area contributed by atoms with Crippen LogP contribution < -0.4 is 4.90 Å². The van der Waals surface area contributed by atoms with E-state index >= 15 is 0 Å². The first kappa shape index (κ1) is 13.3. The zero-order chi connectivity index (χ0) is 13.8. The summed E-state index contributed by atoms with van der Waals surface area (Å²) in [7, 11) is 2.03. The molecule has 19 heavy (non-hydrogen) atoms. The molecule has 0 radical (unpaired) electrons. The quantitative estimate of drug-likeness (QED) is 0.786. The number of aromatic nitrogens is 1. The van der Waals surface area contributed by atoms with Gasteiger partial charge in [0.25, 0.3) is 0 Å². The van der Waals surface area contributed by atoms with E-state index in [-0.39, 0.29) is 0 Å². The first-order valence-electron chi connectivity index (χ1n) is 6.29. The van der Waals surface area contributed by atoms with E-state index in [2.05, 4.69) is 9.88 Å². The predicted molar refractivity (Wildman–Crippen MR) is 77.6 cm³/mol. The summed E-state index contributed by atoms with van der Waals surface area (Å²) < 4.78 is 0. The molecular weight excluding hydrogens is 236 g/mol. The maximum absolute atomic E-state index is 10.7. The number of anilines is 1. The van der Waals surface area contributed by atoms with Crippen molar-refractivity contribution in [2.75, 3.05) is 11.9 Å². The zero-order valence-electron chi connectivity index (χ0n) is 11.6. The number of hydrogen-bond donors (Lipinski definition) is 0. The first-order valence-corrected chi connectivity index (χ1v) is 6.29. The smallest absolute Gasteiger partial charge is 0.150 e. The van der Waals surface area contributed by atoms with E-state index in [0.717, 1.165) is 35.5 Å². The molecule has 0 saturated carbocycles. The maximum atomic E-state index is 10.7. The Morgan fingerprint density at radius 2 is 2.00 bits per heavy atom. The predicted octanol–water partition coefficient (Wildman–Crippen LogP) is 3.15. The number of nitrogens with zero attached hydrogens (tertiary/aromatic N) is 2. The third-order valence-electron chi connectivity index (χ3n) is 3.11. The van der Waals surface area contributed by atoms with Gasteiger partial charge in [-0.1, -0.05) is 6.07 Å². The first-order chi connectivity index (χ1) is 9.10. The molecule has 0 spiro atoms. The van der Waals surface area contributed by atoms with Crippen LogP contribution in [0.4, 0.5) is 5.69 Å². The Labute approximate surface area is 113 Å². The van der Waals surface area contributed by atoms with E-state index in [0.29, 0.717) is 5.56 Å². The highest BCUT2D eigenvalue weighted by Crippen LogP contribution is 2.21. The van der Waals surface area contributed by atoms with Gasteiger partial charge in [-0.25, -0.2) is 0 Å². The molecule has 0 fully saturated rings. The average Bonchev–Trinajstić information content (AvgIpc) is 2.38. The van der Waals surface area contributed by atoms with Gasteiger partial charge in [0.2, 0.25) is 0 Å². The Bertz CT molecular complexity index is 593. The van der Waals surface area contributed by atoms with E-state index in [1.54, 1.807) is 0 Å². The van der Waals surface area contributed by atoms with Gasteiger partial charge in [0.15, 0.2) is 0 Å². The number of hydrogen-bond acceptors (Lipinski definition) is 3. The van der Waals surface area contributed by atoms with Crippen molar-refractivity contribution in [1.29, 1.82) is 0 Å². The molecule has 0 N–H and O–H groups in total. The summed E-state index contributed by atoms with van der Waals surface area (Å²) >= 11 is 0. The summed E-state index contributed by atoms with van der Waals surface area (Å²) in [6.07, 6.45) is 0.874. The van der Waals surface area contributed by atoms with Gasteiger partial charge in [-0.05, 0) is 49.7 Å². The van der Waals surface area contributed by atoms with E-state index < -0.39 is 0 Å². The van der Waals surface area contributed by atoms with Crippen molar-refractivity contribution in [2.24, 2.45) is 0 Å². The van der Waals surface area contributed by atoms with Crippen molar-refractivity contribution in [3.05, 3.63) is 58.9 Å². The standard InChI is InChI=1S/C16H18N2O/c1-12-9-14(11-19)7-8-16(12)18(3)10-15-6-4-5-13(2)17-15/h4-9,11H,10H2,1-3H3. The maximum Gasteiger partial charge on any atom is 0.150 e. The highest BCUT2D eigenvalue weighted by atomic mass is 16.1. The van der Waals surface area contributed by atoms with Crippen LogP contribution in [0, 0.1) is 13.8 Å². The topological polar surface area (TPSA) is 33.2 Å². The second-order valence-corrected chi connectivity index (χ2v) is 4.79. The van der Waals surface area contributed by atoms with Crippen molar-refractivity contribution in [3.8, 4) is 0 Å². The van der Waals surface area contributed by atoms with Gasteiger partial charge in [0.1, 0.15) is 6.29 Å². The zero-order valence-corrected chi connectivity index (χ0v) is 11.6. The van der Waals surface area contributed by atoms with Crippen LogP contribution >= 0.6 is 0 Å². The third kappa shape index (κ3) is 3.19. The van der Waals surface area contributed by atoms with Crippen LogP contribution in [0.25, 0.3) is 0 Å². The van der Waals surface area contributed by atoms with Crippen LogP contribution in [0.3, 0.4) is 0 Å². The minimum Gasteiger partial charge on any atom is -0.368 e. The van der Waals surface area contributed by atoms with Crippen LogP contribution in [-0.2, 0) is 6.54 Å². The fourth-order valence-corrected chi connectivity index (χ4v) is 2.20. The molecule has 98 valence electrons. The molecule has 3 nitrogen and oxygen atoms in total. The van der Waals surface area contributed by atoms with Gasteiger partial charge in [0, 0.05) is 24.0 Å². The van der Waals surface area contributed by atoms with Crippen LogP contribution in [0.5, 0.6) is 0 Å². The summed E-state index contributed by atoms with van der Waals surface area (Å²) in [6.45, 7) is 4.76. The van der Waals surface area contributed by atoms with Crippen molar-refractivity contribution in [2.45, 2.75) is 20.4 Å². The van der Waals surface area contributed by atoms with Crippen LogP contribution in [-0.4, -0.2) is 18.3 Å². The Hall–Kier alpha value is -2.16. The molecular formula is C16H18N2O. The van der Waals surface area contributed by atoms with Crippen molar-refractivity contribution in [3.63, 3.8) is 0 Å². The second kappa shape index (κ2) is 5.65. The molecule has 0 unspecified atom stereocenters. The lowest BCUT2D eigenvalue weighted by atomic mass is 10.1. The monoisotopic (exact) mass is 254 g/mol. The summed E-state index contributed by atoms with van der Waals surface area (Å²) in [5.41, 5.74) is 5.00. The van der Waals surface area contributed by atoms with Crippen molar-refractivity contribution >= 4 is 12.0 Å². The second-order valence-electron chi connectivity index (χ2n) is 4.79. The van der Waals surface area contributed by atoms with Gasteiger partial charge in [-0.3, -0.25) is 9.78 Å². The number of rotatable bonds is 4. The van der Waals surface area contributed by atoms with Crippen LogP contribution in [0.1, 0.15) is 27.3 Å². The number of aryl methyl sites for hydroxylation is 2. The SMILES string of the molecule is Cc1cccc(CN(C)c2ccc(C=O)cc2C)n1. The molecule has 1 heterocycles. The van der Waals surface area contributed by atoms with Gasteiger partial charge < -0.3 is 4.90 Å². The molecule has 1 aromatic carbocycles. The van der Waals surface area contributed by atoms with E-state index in [1.165, 1.54) is 0 Å². The molecule has 2 rings (SSSR count). The summed E-state index contributed by atoms with van der Waals surface area (Å²) in [5.74, 6) is 0.